The molecular weight excluding hydrogens is 287 g/mol. The van der Waals surface area contributed by atoms with Gasteiger partial charge in [0.25, 0.3) is 0 Å². The zero-order valence-corrected chi connectivity index (χ0v) is 11.9. The number of rotatable bonds is 5. The summed E-state index contributed by atoms with van der Waals surface area (Å²) < 4.78 is 13.4. The third-order valence-corrected chi connectivity index (χ3v) is 2.90. The molecule has 110 valence electrons. The molecular formula is C13H16ClFN2O3. The highest BCUT2D eigenvalue weighted by molar-refractivity contribution is 6.30. The molecule has 0 aromatic heterocycles. The van der Waals surface area contributed by atoms with Crippen molar-refractivity contribution in [2.45, 2.75) is 26.4 Å². The van der Waals surface area contributed by atoms with Crippen molar-refractivity contribution in [1.29, 1.82) is 0 Å². The maximum absolute atomic E-state index is 13.4. The molecule has 0 heterocycles. The van der Waals surface area contributed by atoms with Crippen molar-refractivity contribution < 1.29 is 19.1 Å². The quantitative estimate of drug-likeness (QED) is 0.781. The summed E-state index contributed by atoms with van der Waals surface area (Å²) >= 11 is 5.73. The number of carbonyl (C=O) groups is 2. The number of carboxylic acid groups (broad SMARTS) is 1. The van der Waals surface area contributed by atoms with Gasteiger partial charge in [0.15, 0.2) is 0 Å². The van der Waals surface area contributed by atoms with Crippen molar-refractivity contribution in [2.75, 3.05) is 0 Å². The first-order valence-electron chi connectivity index (χ1n) is 6.02. The van der Waals surface area contributed by atoms with E-state index in [2.05, 4.69) is 10.6 Å². The lowest BCUT2D eigenvalue weighted by molar-refractivity contribution is -0.140. The number of aliphatic carboxylic acids is 1. The largest absolute Gasteiger partial charge is 0.480 e. The first kappa shape index (κ1) is 16.2. The average molecular weight is 303 g/mol. The Morgan fingerprint density at radius 2 is 2.05 bits per heavy atom. The number of urea groups is 1. The molecule has 1 atom stereocenters. The Kier molecular flexibility index (Phi) is 5.76. The Balaban J connectivity index is 2.59. The molecule has 0 radical (unpaired) electrons. The van der Waals surface area contributed by atoms with Crippen LogP contribution in [0.4, 0.5) is 9.18 Å². The molecule has 0 aliphatic rings. The van der Waals surface area contributed by atoms with E-state index in [4.69, 9.17) is 16.7 Å². The Hall–Kier alpha value is -1.82. The summed E-state index contributed by atoms with van der Waals surface area (Å²) in [4.78, 5) is 22.5. The van der Waals surface area contributed by atoms with Crippen molar-refractivity contribution in [2.24, 2.45) is 5.92 Å². The molecule has 3 N–H and O–H groups in total. The number of carboxylic acids is 1. The van der Waals surface area contributed by atoms with Crippen molar-refractivity contribution in [3.63, 3.8) is 0 Å². The monoisotopic (exact) mass is 302 g/mol. The number of benzene rings is 1. The van der Waals surface area contributed by atoms with Crippen LogP contribution in [0.5, 0.6) is 0 Å². The predicted molar refractivity (Wildman–Crippen MR) is 73.0 cm³/mol. The van der Waals surface area contributed by atoms with Crippen LogP contribution in [0.3, 0.4) is 0 Å². The number of hydrogen-bond acceptors (Lipinski definition) is 2. The molecule has 1 aromatic carbocycles. The zero-order valence-electron chi connectivity index (χ0n) is 11.1. The lowest BCUT2D eigenvalue weighted by Crippen LogP contribution is -2.48. The van der Waals surface area contributed by atoms with Gasteiger partial charge in [0.1, 0.15) is 11.9 Å². The van der Waals surface area contributed by atoms with Gasteiger partial charge in [-0.25, -0.2) is 14.0 Å². The molecule has 1 aromatic rings. The Morgan fingerprint density at radius 1 is 1.40 bits per heavy atom. The fourth-order valence-electron chi connectivity index (χ4n) is 1.56. The molecule has 0 aliphatic heterocycles. The SMILES string of the molecule is CC(C)C(NC(=O)NCc1cc(Cl)ccc1F)C(=O)O. The summed E-state index contributed by atoms with van der Waals surface area (Å²) in [6, 6.07) is 2.32. The van der Waals surface area contributed by atoms with Crippen LogP contribution in [0.25, 0.3) is 0 Å². The van der Waals surface area contributed by atoms with E-state index in [9.17, 15) is 14.0 Å². The molecule has 1 unspecified atom stereocenters. The van der Waals surface area contributed by atoms with E-state index >= 15 is 0 Å². The van der Waals surface area contributed by atoms with E-state index in [-0.39, 0.29) is 18.0 Å². The normalized spacial score (nSPS) is 12.1. The summed E-state index contributed by atoms with van der Waals surface area (Å²) in [5.41, 5.74) is 0.226. The van der Waals surface area contributed by atoms with Crippen LogP contribution in [-0.2, 0) is 11.3 Å². The smallest absolute Gasteiger partial charge is 0.326 e. The van der Waals surface area contributed by atoms with Crippen molar-refractivity contribution in [1.82, 2.24) is 10.6 Å². The summed E-state index contributed by atoms with van der Waals surface area (Å²) in [5.74, 6) is -1.88. The first-order chi connectivity index (χ1) is 9.31. The van der Waals surface area contributed by atoms with Crippen LogP contribution >= 0.6 is 11.6 Å². The van der Waals surface area contributed by atoms with Gasteiger partial charge in [-0.05, 0) is 24.1 Å². The zero-order chi connectivity index (χ0) is 15.3. The molecule has 0 saturated carbocycles. The van der Waals surface area contributed by atoms with E-state index in [1.807, 2.05) is 0 Å². The van der Waals surface area contributed by atoms with Crippen LogP contribution in [0, 0.1) is 11.7 Å². The second-order valence-corrected chi connectivity index (χ2v) is 5.06. The number of carbonyl (C=O) groups excluding carboxylic acids is 1. The minimum atomic E-state index is -1.12. The topological polar surface area (TPSA) is 78.4 Å². The molecule has 5 nitrogen and oxygen atoms in total. The first-order valence-corrected chi connectivity index (χ1v) is 6.40. The van der Waals surface area contributed by atoms with Gasteiger partial charge in [0, 0.05) is 17.1 Å². The highest BCUT2D eigenvalue weighted by atomic mass is 35.5. The molecule has 2 amide bonds. The Bertz CT molecular complexity index is 508. The second-order valence-electron chi connectivity index (χ2n) is 4.62. The van der Waals surface area contributed by atoms with Crippen molar-refractivity contribution in [3.05, 3.63) is 34.6 Å². The standard InChI is InChI=1S/C13H16ClFN2O3/c1-7(2)11(12(18)19)17-13(20)16-6-8-5-9(14)3-4-10(8)15/h3-5,7,11H,6H2,1-2H3,(H,18,19)(H2,16,17,20). The number of amides is 2. The summed E-state index contributed by atoms with van der Waals surface area (Å²) in [5, 5.41) is 14.0. The van der Waals surface area contributed by atoms with Crippen molar-refractivity contribution in [3.8, 4) is 0 Å². The maximum atomic E-state index is 13.4. The van der Waals surface area contributed by atoms with Gasteiger partial charge in [0.05, 0.1) is 0 Å². The molecule has 20 heavy (non-hydrogen) atoms. The number of hydrogen-bond donors (Lipinski definition) is 3. The molecule has 0 aliphatic carbocycles. The Morgan fingerprint density at radius 3 is 2.60 bits per heavy atom. The average Bonchev–Trinajstić information content (AvgIpc) is 2.36. The van der Waals surface area contributed by atoms with E-state index < -0.39 is 23.9 Å². The van der Waals surface area contributed by atoms with Gasteiger partial charge in [-0.2, -0.15) is 0 Å². The predicted octanol–water partition coefficient (Wildman–Crippen LogP) is 2.39. The third kappa shape index (κ3) is 4.70. The summed E-state index contributed by atoms with van der Waals surface area (Å²) in [7, 11) is 0. The summed E-state index contributed by atoms with van der Waals surface area (Å²) in [6.07, 6.45) is 0. The van der Waals surface area contributed by atoms with Crippen LogP contribution < -0.4 is 10.6 Å². The second kappa shape index (κ2) is 7.09. The van der Waals surface area contributed by atoms with Gasteiger partial charge in [-0.1, -0.05) is 25.4 Å². The number of nitrogens with one attached hydrogen (secondary N) is 2. The lowest BCUT2D eigenvalue weighted by atomic mass is 10.1. The fraction of sp³-hybridized carbons (Fsp3) is 0.385. The van der Waals surface area contributed by atoms with Gasteiger partial charge >= 0.3 is 12.0 Å². The molecule has 7 heteroatoms. The van der Waals surface area contributed by atoms with E-state index in [1.54, 1.807) is 13.8 Å². The Labute approximate surface area is 121 Å². The van der Waals surface area contributed by atoms with E-state index in [1.165, 1.54) is 18.2 Å². The fourth-order valence-corrected chi connectivity index (χ4v) is 1.75. The summed E-state index contributed by atoms with van der Waals surface area (Å²) in [6.45, 7) is 3.27. The lowest BCUT2D eigenvalue weighted by Gasteiger charge is -2.18. The molecule has 0 spiro atoms. The van der Waals surface area contributed by atoms with Crippen LogP contribution in [0.1, 0.15) is 19.4 Å². The molecule has 1 rings (SSSR count). The van der Waals surface area contributed by atoms with Crippen LogP contribution in [0.15, 0.2) is 18.2 Å². The highest BCUT2D eigenvalue weighted by Gasteiger charge is 2.23. The molecule has 0 saturated heterocycles. The maximum Gasteiger partial charge on any atom is 0.326 e. The number of halogens is 2. The minimum absolute atomic E-state index is 0.0807. The van der Waals surface area contributed by atoms with Gasteiger partial charge in [-0.3, -0.25) is 0 Å². The van der Waals surface area contributed by atoms with E-state index in [0.717, 1.165) is 0 Å². The molecule has 0 fully saturated rings. The minimum Gasteiger partial charge on any atom is -0.480 e. The van der Waals surface area contributed by atoms with E-state index in [0.29, 0.717) is 5.02 Å². The van der Waals surface area contributed by atoms with Crippen molar-refractivity contribution >= 4 is 23.6 Å². The highest BCUT2D eigenvalue weighted by Crippen LogP contribution is 2.14. The third-order valence-electron chi connectivity index (χ3n) is 2.67. The van der Waals surface area contributed by atoms with Gasteiger partial charge in [-0.15, -0.1) is 0 Å². The van der Waals surface area contributed by atoms with Gasteiger partial charge < -0.3 is 15.7 Å². The molecule has 0 bridgehead atoms. The van der Waals surface area contributed by atoms with Crippen LogP contribution in [0.2, 0.25) is 5.02 Å². The van der Waals surface area contributed by atoms with Gasteiger partial charge in [0.2, 0.25) is 0 Å². The van der Waals surface area contributed by atoms with Crippen LogP contribution in [-0.4, -0.2) is 23.1 Å².